The number of hydrogen-bond acceptors (Lipinski definition) is 5. The zero-order chi connectivity index (χ0) is 12.4. The lowest BCUT2D eigenvalue weighted by atomic mass is 10.2. The topological polar surface area (TPSA) is 88.2 Å². The number of anilines is 1. The second-order valence-electron chi connectivity index (χ2n) is 3.24. The quantitative estimate of drug-likeness (QED) is 0.825. The second kappa shape index (κ2) is 4.20. The summed E-state index contributed by atoms with van der Waals surface area (Å²) in [6.07, 6.45) is 0. The van der Waals surface area contributed by atoms with Crippen molar-refractivity contribution < 1.29 is 18.7 Å². The number of aromatic nitrogens is 2. The molecule has 6 nitrogen and oxygen atoms in total. The normalized spacial score (nSPS) is 10.2. The number of phenolic OH excluding ortho intramolecular Hbond substituents is 1. The van der Waals surface area contributed by atoms with Crippen molar-refractivity contribution in [3.05, 3.63) is 35.5 Å². The maximum Gasteiger partial charge on any atom is 0.322 e. The van der Waals surface area contributed by atoms with Gasteiger partial charge in [-0.3, -0.25) is 10.1 Å². The van der Waals surface area contributed by atoms with Crippen LogP contribution in [-0.4, -0.2) is 21.2 Å². The van der Waals surface area contributed by atoms with Gasteiger partial charge in [0.15, 0.2) is 0 Å². The summed E-state index contributed by atoms with van der Waals surface area (Å²) in [6, 6.07) is 2.97. The van der Waals surface area contributed by atoms with E-state index in [0.717, 1.165) is 18.2 Å². The average Bonchev–Trinajstić information content (AvgIpc) is 2.63. The van der Waals surface area contributed by atoms with E-state index in [9.17, 15) is 14.3 Å². The molecule has 2 aromatic rings. The van der Waals surface area contributed by atoms with Crippen molar-refractivity contribution in [1.29, 1.82) is 0 Å². The number of amides is 1. The monoisotopic (exact) mass is 237 g/mol. The average molecular weight is 237 g/mol. The summed E-state index contributed by atoms with van der Waals surface area (Å²) in [4.78, 5) is 11.6. The highest BCUT2D eigenvalue weighted by Crippen LogP contribution is 2.19. The van der Waals surface area contributed by atoms with E-state index >= 15 is 0 Å². The van der Waals surface area contributed by atoms with Crippen molar-refractivity contribution in [3.63, 3.8) is 0 Å². The van der Waals surface area contributed by atoms with Crippen LogP contribution < -0.4 is 5.32 Å². The molecule has 2 N–H and O–H groups in total. The van der Waals surface area contributed by atoms with Gasteiger partial charge in [0.25, 0.3) is 5.91 Å². The van der Waals surface area contributed by atoms with Crippen molar-refractivity contribution in [1.82, 2.24) is 10.2 Å². The lowest BCUT2D eigenvalue weighted by Gasteiger charge is -2.02. The summed E-state index contributed by atoms with van der Waals surface area (Å²) in [5.74, 6) is -1.46. The Labute approximate surface area is 95.1 Å². The number of rotatable bonds is 2. The van der Waals surface area contributed by atoms with Gasteiger partial charge in [0.2, 0.25) is 5.89 Å². The Morgan fingerprint density at radius 1 is 1.47 bits per heavy atom. The number of carbonyl (C=O) groups excluding carboxylic acids is 1. The van der Waals surface area contributed by atoms with Gasteiger partial charge in [0.05, 0.1) is 5.56 Å². The molecule has 1 aromatic carbocycles. The van der Waals surface area contributed by atoms with Crippen LogP contribution in [0.5, 0.6) is 5.75 Å². The number of benzene rings is 1. The number of nitrogens with one attached hydrogen (secondary N) is 1. The highest BCUT2D eigenvalue weighted by molar-refractivity contribution is 6.05. The van der Waals surface area contributed by atoms with Gasteiger partial charge in [0.1, 0.15) is 11.6 Å². The fraction of sp³-hybridized carbons (Fsp3) is 0.100. The van der Waals surface area contributed by atoms with Crippen LogP contribution in [0.3, 0.4) is 0 Å². The summed E-state index contributed by atoms with van der Waals surface area (Å²) in [7, 11) is 0. The number of aromatic hydroxyl groups is 1. The van der Waals surface area contributed by atoms with E-state index in [1.165, 1.54) is 0 Å². The van der Waals surface area contributed by atoms with Crippen LogP contribution in [-0.2, 0) is 0 Å². The highest BCUT2D eigenvalue weighted by Gasteiger charge is 2.14. The fourth-order valence-corrected chi connectivity index (χ4v) is 1.21. The third kappa shape index (κ3) is 2.39. The molecule has 1 heterocycles. The number of carbonyl (C=O) groups is 1. The Morgan fingerprint density at radius 2 is 2.24 bits per heavy atom. The van der Waals surface area contributed by atoms with E-state index in [1.807, 2.05) is 0 Å². The number of halogens is 1. The third-order valence-electron chi connectivity index (χ3n) is 1.95. The predicted molar refractivity (Wildman–Crippen MR) is 55.1 cm³/mol. The van der Waals surface area contributed by atoms with Crippen LogP contribution in [0.1, 0.15) is 16.2 Å². The Kier molecular flexibility index (Phi) is 2.73. The van der Waals surface area contributed by atoms with Crippen molar-refractivity contribution in [2.45, 2.75) is 6.92 Å². The van der Waals surface area contributed by atoms with Gasteiger partial charge in [-0.05, 0) is 12.1 Å². The Morgan fingerprint density at radius 3 is 2.82 bits per heavy atom. The molecule has 1 aromatic heterocycles. The van der Waals surface area contributed by atoms with Crippen LogP contribution in [0.2, 0.25) is 0 Å². The van der Waals surface area contributed by atoms with Crippen LogP contribution >= 0.6 is 0 Å². The van der Waals surface area contributed by atoms with E-state index < -0.39 is 17.5 Å². The van der Waals surface area contributed by atoms with Crippen LogP contribution in [0, 0.1) is 12.7 Å². The van der Waals surface area contributed by atoms with Crippen molar-refractivity contribution in [2.24, 2.45) is 0 Å². The molecule has 0 saturated carbocycles. The summed E-state index contributed by atoms with van der Waals surface area (Å²) in [5.41, 5.74) is -0.0812. The van der Waals surface area contributed by atoms with Crippen molar-refractivity contribution in [2.75, 3.05) is 5.32 Å². The first-order valence-corrected chi connectivity index (χ1v) is 4.66. The summed E-state index contributed by atoms with van der Waals surface area (Å²) >= 11 is 0. The molecule has 17 heavy (non-hydrogen) atoms. The van der Waals surface area contributed by atoms with E-state index in [2.05, 4.69) is 15.5 Å². The van der Waals surface area contributed by atoms with Crippen molar-refractivity contribution in [3.8, 4) is 5.75 Å². The molecule has 1 amide bonds. The minimum atomic E-state index is -0.661. The summed E-state index contributed by atoms with van der Waals surface area (Å²) < 4.78 is 17.6. The molecule has 0 aliphatic rings. The van der Waals surface area contributed by atoms with E-state index in [4.69, 9.17) is 4.42 Å². The van der Waals surface area contributed by atoms with Gasteiger partial charge in [-0.2, -0.15) is 0 Å². The maximum absolute atomic E-state index is 12.7. The zero-order valence-corrected chi connectivity index (χ0v) is 8.77. The summed E-state index contributed by atoms with van der Waals surface area (Å²) in [5, 5.41) is 18.7. The molecule has 0 radical (unpaired) electrons. The maximum atomic E-state index is 12.7. The minimum absolute atomic E-state index is 0.0812. The van der Waals surface area contributed by atoms with E-state index in [0.29, 0.717) is 5.89 Å². The minimum Gasteiger partial charge on any atom is -0.507 e. The molecule has 0 spiro atoms. The van der Waals surface area contributed by atoms with Gasteiger partial charge in [-0.15, -0.1) is 5.10 Å². The SMILES string of the molecule is Cc1nnc(NC(=O)c2ccc(F)cc2O)o1. The lowest BCUT2D eigenvalue weighted by Crippen LogP contribution is -2.12. The number of aryl methyl sites for hydroxylation is 1. The van der Waals surface area contributed by atoms with Crippen molar-refractivity contribution >= 4 is 11.9 Å². The molecule has 88 valence electrons. The van der Waals surface area contributed by atoms with Gasteiger partial charge in [0, 0.05) is 13.0 Å². The van der Waals surface area contributed by atoms with Gasteiger partial charge in [-0.25, -0.2) is 4.39 Å². The molecule has 7 heteroatoms. The summed E-state index contributed by atoms with van der Waals surface area (Å²) in [6.45, 7) is 1.57. The first-order valence-electron chi connectivity index (χ1n) is 4.66. The molecular formula is C10H8FN3O3. The molecule has 0 unspecified atom stereocenters. The Hall–Kier alpha value is -2.44. The van der Waals surface area contributed by atoms with Crippen LogP contribution in [0.15, 0.2) is 22.6 Å². The molecule has 0 saturated heterocycles. The predicted octanol–water partition coefficient (Wildman–Crippen LogP) is 1.48. The largest absolute Gasteiger partial charge is 0.507 e. The first kappa shape index (κ1) is 11.1. The first-order chi connectivity index (χ1) is 8.06. The molecule has 0 aliphatic heterocycles. The molecular weight excluding hydrogens is 229 g/mol. The molecule has 0 bridgehead atoms. The number of hydrogen-bond donors (Lipinski definition) is 2. The lowest BCUT2D eigenvalue weighted by molar-refractivity contribution is 0.102. The standard InChI is InChI=1S/C10H8FN3O3/c1-5-13-14-10(17-5)12-9(16)7-3-2-6(11)4-8(7)15/h2-4,15H,1H3,(H,12,14,16). The zero-order valence-electron chi connectivity index (χ0n) is 8.77. The number of phenols is 1. The Balaban J connectivity index is 2.20. The van der Waals surface area contributed by atoms with Crippen LogP contribution in [0.4, 0.5) is 10.4 Å². The van der Waals surface area contributed by atoms with Gasteiger partial charge >= 0.3 is 6.01 Å². The van der Waals surface area contributed by atoms with Gasteiger partial charge in [-0.1, -0.05) is 5.10 Å². The smallest absolute Gasteiger partial charge is 0.322 e. The Bertz CT molecular complexity index is 568. The fourth-order valence-electron chi connectivity index (χ4n) is 1.21. The highest BCUT2D eigenvalue weighted by atomic mass is 19.1. The van der Waals surface area contributed by atoms with E-state index in [-0.39, 0.29) is 11.6 Å². The third-order valence-corrected chi connectivity index (χ3v) is 1.95. The second-order valence-corrected chi connectivity index (χ2v) is 3.24. The van der Waals surface area contributed by atoms with Gasteiger partial charge < -0.3 is 9.52 Å². The molecule has 0 fully saturated rings. The molecule has 2 rings (SSSR count). The van der Waals surface area contributed by atoms with E-state index in [1.54, 1.807) is 6.92 Å². The van der Waals surface area contributed by atoms with Crippen LogP contribution in [0.25, 0.3) is 0 Å². The molecule has 0 atom stereocenters. The number of nitrogens with zero attached hydrogens (tertiary/aromatic N) is 2. The molecule has 0 aliphatic carbocycles.